The highest BCUT2D eigenvalue weighted by Gasteiger charge is 2.36. The zero-order chi connectivity index (χ0) is 22.1. The first kappa shape index (κ1) is 20.9. The summed E-state index contributed by atoms with van der Waals surface area (Å²) in [5.41, 5.74) is 3.90. The van der Waals surface area contributed by atoms with Crippen LogP contribution < -0.4 is 0 Å². The molecule has 1 aliphatic rings. The Balaban J connectivity index is 1.70. The van der Waals surface area contributed by atoms with Crippen molar-refractivity contribution in [2.75, 3.05) is 13.2 Å². The van der Waals surface area contributed by atoms with Gasteiger partial charge >= 0.3 is 5.97 Å². The highest BCUT2D eigenvalue weighted by atomic mass is 32.2. The SMILES string of the molecule is CCOC(=O)CN1C(=O)S/C(=C/c2cc(C)n(-c3cccc4ccccc34)c2C)C1=O. The molecule has 31 heavy (non-hydrogen) atoms. The van der Waals surface area contributed by atoms with Crippen molar-refractivity contribution in [1.82, 2.24) is 9.47 Å². The normalized spacial score (nSPS) is 15.3. The topological polar surface area (TPSA) is 68.6 Å². The fraction of sp³-hybridized carbons (Fsp3) is 0.208. The summed E-state index contributed by atoms with van der Waals surface area (Å²) in [5.74, 6) is -1.07. The zero-order valence-electron chi connectivity index (χ0n) is 17.5. The van der Waals surface area contributed by atoms with Gasteiger partial charge in [-0.1, -0.05) is 36.4 Å². The molecule has 0 atom stereocenters. The van der Waals surface area contributed by atoms with E-state index in [1.54, 1.807) is 13.0 Å². The number of esters is 1. The predicted molar refractivity (Wildman–Crippen MR) is 122 cm³/mol. The summed E-state index contributed by atoms with van der Waals surface area (Å²) >= 11 is 0.840. The van der Waals surface area contributed by atoms with Crippen molar-refractivity contribution in [3.8, 4) is 5.69 Å². The van der Waals surface area contributed by atoms with E-state index in [1.165, 1.54) is 0 Å². The Labute approximate surface area is 184 Å². The van der Waals surface area contributed by atoms with Crippen molar-refractivity contribution in [2.45, 2.75) is 20.8 Å². The first-order valence-corrected chi connectivity index (χ1v) is 10.8. The summed E-state index contributed by atoms with van der Waals surface area (Å²) in [7, 11) is 0. The Hall–Kier alpha value is -3.32. The largest absolute Gasteiger partial charge is 0.465 e. The molecule has 1 aromatic heterocycles. The second-order valence-electron chi connectivity index (χ2n) is 7.23. The van der Waals surface area contributed by atoms with E-state index in [2.05, 4.69) is 28.8 Å². The second kappa shape index (κ2) is 8.43. The molecule has 1 fully saturated rings. The average Bonchev–Trinajstić information content (AvgIpc) is 3.17. The molecule has 0 spiro atoms. The minimum Gasteiger partial charge on any atom is -0.465 e. The van der Waals surface area contributed by atoms with Gasteiger partial charge in [-0.05, 0) is 61.7 Å². The number of imide groups is 1. The molecule has 6 nitrogen and oxygen atoms in total. The average molecular weight is 435 g/mol. The fourth-order valence-electron chi connectivity index (χ4n) is 3.82. The fourth-order valence-corrected chi connectivity index (χ4v) is 4.65. The number of amides is 2. The number of nitrogens with zero attached hydrogens (tertiary/aromatic N) is 2. The standard InChI is InChI=1S/C24H22N2O4S/c1-4-30-22(27)14-25-23(28)21(31-24(25)29)13-18-12-15(2)26(16(18)3)20-11-7-9-17-8-5-6-10-19(17)20/h5-13H,4,14H2,1-3H3/b21-13+. The molecule has 7 heteroatoms. The van der Waals surface area contributed by atoms with Gasteiger partial charge in [0.1, 0.15) is 6.54 Å². The van der Waals surface area contributed by atoms with Gasteiger partial charge in [-0.25, -0.2) is 0 Å². The molecule has 0 N–H and O–H groups in total. The van der Waals surface area contributed by atoms with Crippen molar-refractivity contribution >= 4 is 45.7 Å². The molecular formula is C24H22N2O4S. The maximum absolute atomic E-state index is 12.7. The minimum atomic E-state index is -0.597. The van der Waals surface area contributed by atoms with Gasteiger partial charge in [-0.3, -0.25) is 19.3 Å². The molecule has 2 amide bonds. The Morgan fingerprint density at radius 2 is 1.84 bits per heavy atom. The van der Waals surface area contributed by atoms with E-state index < -0.39 is 17.1 Å². The molecule has 0 radical (unpaired) electrons. The van der Waals surface area contributed by atoms with Gasteiger partial charge in [0.15, 0.2) is 0 Å². The van der Waals surface area contributed by atoms with Crippen molar-refractivity contribution in [3.05, 3.63) is 70.4 Å². The maximum Gasteiger partial charge on any atom is 0.326 e. The molecule has 0 bridgehead atoms. The first-order chi connectivity index (χ1) is 14.9. The third kappa shape index (κ3) is 3.88. The van der Waals surface area contributed by atoms with Gasteiger partial charge < -0.3 is 9.30 Å². The van der Waals surface area contributed by atoms with E-state index in [1.807, 2.05) is 38.1 Å². The lowest BCUT2D eigenvalue weighted by atomic mass is 10.1. The van der Waals surface area contributed by atoms with E-state index >= 15 is 0 Å². The van der Waals surface area contributed by atoms with Gasteiger partial charge in [0.2, 0.25) is 0 Å². The molecule has 3 aromatic rings. The number of aryl methyl sites for hydroxylation is 1. The van der Waals surface area contributed by atoms with Gasteiger partial charge in [0, 0.05) is 16.8 Å². The van der Waals surface area contributed by atoms with Crippen LogP contribution in [0.3, 0.4) is 0 Å². The summed E-state index contributed by atoms with van der Waals surface area (Å²) in [6, 6.07) is 16.4. The summed E-state index contributed by atoms with van der Waals surface area (Å²) in [4.78, 5) is 37.9. The number of aromatic nitrogens is 1. The molecular weight excluding hydrogens is 412 g/mol. The van der Waals surface area contributed by atoms with Crippen molar-refractivity contribution in [2.24, 2.45) is 0 Å². The van der Waals surface area contributed by atoms with Crippen LogP contribution >= 0.6 is 11.8 Å². The molecule has 158 valence electrons. The molecule has 2 heterocycles. The highest BCUT2D eigenvalue weighted by Crippen LogP contribution is 2.34. The molecule has 0 unspecified atom stereocenters. The van der Waals surface area contributed by atoms with Crippen molar-refractivity contribution in [1.29, 1.82) is 0 Å². The third-order valence-electron chi connectivity index (χ3n) is 5.23. The molecule has 1 aliphatic heterocycles. The number of benzene rings is 2. The predicted octanol–water partition coefficient (Wildman–Crippen LogP) is 4.85. The molecule has 0 saturated carbocycles. The van der Waals surface area contributed by atoms with Crippen molar-refractivity contribution < 1.29 is 19.1 Å². The number of fused-ring (bicyclic) bond motifs is 1. The van der Waals surface area contributed by atoms with Crippen LogP contribution in [0.5, 0.6) is 0 Å². The van der Waals surface area contributed by atoms with Crippen LogP contribution in [0.2, 0.25) is 0 Å². The molecule has 0 aliphatic carbocycles. The van der Waals surface area contributed by atoms with E-state index in [0.717, 1.165) is 50.1 Å². The van der Waals surface area contributed by atoms with Crippen LogP contribution in [0, 0.1) is 13.8 Å². The van der Waals surface area contributed by atoms with Crippen LogP contribution in [-0.4, -0.2) is 39.7 Å². The smallest absolute Gasteiger partial charge is 0.326 e. The van der Waals surface area contributed by atoms with Crippen LogP contribution in [0.15, 0.2) is 53.4 Å². The number of ether oxygens (including phenoxy) is 1. The lowest BCUT2D eigenvalue weighted by Gasteiger charge is -2.13. The first-order valence-electron chi connectivity index (χ1n) is 9.98. The second-order valence-corrected chi connectivity index (χ2v) is 8.23. The number of rotatable bonds is 5. The van der Waals surface area contributed by atoms with Crippen LogP contribution in [0.1, 0.15) is 23.9 Å². The summed E-state index contributed by atoms with van der Waals surface area (Å²) in [6.45, 7) is 5.51. The third-order valence-corrected chi connectivity index (χ3v) is 6.14. The van der Waals surface area contributed by atoms with Crippen LogP contribution in [0.4, 0.5) is 4.79 Å². The van der Waals surface area contributed by atoms with E-state index in [4.69, 9.17) is 4.74 Å². The number of hydrogen-bond donors (Lipinski definition) is 0. The lowest BCUT2D eigenvalue weighted by molar-refractivity contribution is -0.145. The van der Waals surface area contributed by atoms with Gasteiger partial charge in [-0.15, -0.1) is 0 Å². The quantitative estimate of drug-likeness (QED) is 0.424. The number of hydrogen-bond acceptors (Lipinski definition) is 5. The molecule has 4 rings (SSSR count). The Kier molecular flexibility index (Phi) is 5.69. The van der Waals surface area contributed by atoms with E-state index in [9.17, 15) is 14.4 Å². The van der Waals surface area contributed by atoms with E-state index in [0.29, 0.717) is 4.91 Å². The van der Waals surface area contributed by atoms with Gasteiger partial charge in [0.05, 0.1) is 17.2 Å². The van der Waals surface area contributed by atoms with Crippen LogP contribution in [0.25, 0.3) is 22.5 Å². The summed E-state index contributed by atoms with van der Waals surface area (Å²) in [6.07, 6.45) is 1.72. The summed E-state index contributed by atoms with van der Waals surface area (Å²) < 4.78 is 7.01. The Morgan fingerprint density at radius 1 is 1.10 bits per heavy atom. The summed E-state index contributed by atoms with van der Waals surface area (Å²) in [5, 5.41) is 1.81. The number of thioether (sulfide) groups is 1. The van der Waals surface area contributed by atoms with Gasteiger partial charge in [-0.2, -0.15) is 0 Å². The maximum atomic E-state index is 12.7. The number of carbonyl (C=O) groups is 3. The Morgan fingerprint density at radius 3 is 2.61 bits per heavy atom. The number of carbonyl (C=O) groups excluding carboxylic acids is 3. The van der Waals surface area contributed by atoms with Crippen LogP contribution in [-0.2, 0) is 14.3 Å². The van der Waals surface area contributed by atoms with E-state index in [-0.39, 0.29) is 13.2 Å². The zero-order valence-corrected chi connectivity index (χ0v) is 18.4. The minimum absolute atomic E-state index is 0.199. The molecule has 1 saturated heterocycles. The molecule has 2 aromatic carbocycles. The van der Waals surface area contributed by atoms with Gasteiger partial charge in [0.25, 0.3) is 11.1 Å². The van der Waals surface area contributed by atoms with Crippen molar-refractivity contribution in [3.63, 3.8) is 0 Å². The Bertz CT molecular complexity index is 1240. The highest BCUT2D eigenvalue weighted by molar-refractivity contribution is 8.18. The monoisotopic (exact) mass is 434 g/mol. The lowest BCUT2D eigenvalue weighted by Crippen LogP contribution is -2.34.